The molecule has 8 heteroatoms. The first-order chi connectivity index (χ1) is 12.4. The highest BCUT2D eigenvalue weighted by molar-refractivity contribution is 7.91. The molecule has 0 fully saturated rings. The van der Waals surface area contributed by atoms with Crippen molar-refractivity contribution in [1.82, 2.24) is 10.3 Å². The van der Waals surface area contributed by atoms with Gasteiger partial charge < -0.3 is 16.2 Å². The summed E-state index contributed by atoms with van der Waals surface area (Å²) in [5.41, 5.74) is 8.62. The van der Waals surface area contributed by atoms with Crippen molar-refractivity contribution in [2.24, 2.45) is 5.73 Å². The molecule has 2 heterocycles. The number of carbonyl (C=O) groups excluding carboxylic acids is 1. The zero-order valence-electron chi connectivity index (χ0n) is 14.4. The Kier molecular flexibility index (Phi) is 5.08. The van der Waals surface area contributed by atoms with Crippen LogP contribution in [0.3, 0.4) is 0 Å². The SMILES string of the molecule is CCS(=O)(=O)c1ccc([C@@H](CO)c2nc3c(cc2C(N)=O)CNC3)cc1. The highest BCUT2D eigenvalue weighted by atomic mass is 32.2. The van der Waals surface area contributed by atoms with E-state index in [1.807, 2.05) is 0 Å². The lowest BCUT2D eigenvalue weighted by Crippen LogP contribution is -2.20. The summed E-state index contributed by atoms with van der Waals surface area (Å²) in [5.74, 6) is -1.16. The number of aliphatic hydroxyl groups excluding tert-OH is 1. The number of nitrogens with one attached hydrogen (secondary N) is 1. The maximum atomic E-state index is 12.0. The number of hydrogen-bond donors (Lipinski definition) is 3. The van der Waals surface area contributed by atoms with Crippen LogP contribution in [0, 0.1) is 0 Å². The zero-order chi connectivity index (χ0) is 18.9. The molecule has 0 unspecified atom stereocenters. The predicted molar refractivity (Wildman–Crippen MR) is 96.4 cm³/mol. The molecule has 2 aromatic rings. The van der Waals surface area contributed by atoms with Crippen LogP contribution in [0.1, 0.15) is 45.7 Å². The Hall–Kier alpha value is -2.29. The fourth-order valence-corrected chi connectivity index (χ4v) is 4.00. The summed E-state index contributed by atoms with van der Waals surface area (Å²) in [7, 11) is -3.30. The molecule has 3 rings (SSSR count). The molecule has 26 heavy (non-hydrogen) atoms. The normalized spacial score (nSPS) is 14.8. The van der Waals surface area contributed by atoms with Crippen molar-refractivity contribution in [3.63, 3.8) is 0 Å². The van der Waals surface area contributed by atoms with Crippen LogP contribution < -0.4 is 11.1 Å². The molecule has 1 aliphatic rings. The van der Waals surface area contributed by atoms with Gasteiger partial charge in [0.1, 0.15) is 0 Å². The number of hydrogen-bond acceptors (Lipinski definition) is 6. The summed E-state index contributed by atoms with van der Waals surface area (Å²) in [6.07, 6.45) is 0. The van der Waals surface area contributed by atoms with Crippen LogP contribution in [0.2, 0.25) is 0 Å². The molecule has 1 aromatic carbocycles. The Morgan fingerprint density at radius 1 is 1.31 bits per heavy atom. The molecule has 1 amide bonds. The smallest absolute Gasteiger partial charge is 0.250 e. The van der Waals surface area contributed by atoms with Crippen LogP contribution >= 0.6 is 0 Å². The Labute approximate surface area is 152 Å². The van der Waals surface area contributed by atoms with Gasteiger partial charge in [-0.1, -0.05) is 19.1 Å². The van der Waals surface area contributed by atoms with Crippen molar-refractivity contribution in [3.05, 3.63) is 58.4 Å². The van der Waals surface area contributed by atoms with E-state index in [0.717, 1.165) is 11.3 Å². The van der Waals surface area contributed by atoms with Crippen molar-refractivity contribution in [1.29, 1.82) is 0 Å². The third kappa shape index (κ3) is 3.35. The number of nitrogens with two attached hydrogens (primary N) is 1. The Bertz CT molecular complexity index is 940. The third-order valence-electron chi connectivity index (χ3n) is 4.63. The third-order valence-corrected chi connectivity index (χ3v) is 6.38. The minimum absolute atomic E-state index is 0.0149. The molecule has 0 radical (unpaired) electrons. The first-order valence-corrected chi connectivity index (χ1v) is 9.99. The van der Waals surface area contributed by atoms with Crippen LogP contribution in [-0.4, -0.2) is 36.8 Å². The number of amides is 1. The van der Waals surface area contributed by atoms with Crippen LogP contribution in [0.25, 0.3) is 0 Å². The van der Waals surface area contributed by atoms with Crippen molar-refractivity contribution >= 4 is 15.7 Å². The molecule has 138 valence electrons. The average Bonchev–Trinajstić information content (AvgIpc) is 3.09. The largest absolute Gasteiger partial charge is 0.395 e. The number of carbonyl (C=O) groups is 1. The number of fused-ring (bicyclic) bond motifs is 1. The minimum atomic E-state index is -3.30. The molecule has 0 aliphatic carbocycles. The van der Waals surface area contributed by atoms with E-state index in [9.17, 15) is 18.3 Å². The highest BCUT2D eigenvalue weighted by Gasteiger charge is 2.25. The summed E-state index contributed by atoms with van der Waals surface area (Å²) >= 11 is 0. The number of primary amides is 1. The lowest BCUT2D eigenvalue weighted by atomic mass is 9.91. The van der Waals surface area contributed by atoms with Crippen molar-refractivity contribution in [2.75, 3.05) is 12.4 Å². The maximum absolute atomic E-state index is 12.0. The van der Waals surface area contributed by atoms with Gasteiger partial charge in [0.2, 0.25) is 0 Å². The van der Waals surface area contributed by atoms with E-state index in [1.54, 1.807) is 25.1 Å². The molecule has 0 spiro atoms. The van der Waals surface area contributed by atoms with Gasteiger partial charge in [0.05, 0.1) is 40.1 Å². The molecule has 1 aromatic heterocycles. The van der Waals surface area contributed by atoms with Gasteiger partial charge in [-0.25, -0.2) is 8.42 Å². The van der Waals surface area contributed by atoms with Gasteiger partial charge in [-0.3, -0.25) is 9.78 Å². The maximum Gasteiger partial charge on any atom is 0.250 e. The minimum Gasteiger partial charge on any atom is -0.395 e. The van der Waals surface area contributed by atoms with Gasteiger partial charge in [-0.2, -0.15) is 0 Å². The lowest BCUT2D eigenvalue weighted by Gasteiger charge is -2.18. The second-order valence-corrected chi connectivity index (χ2v) is 8.48. The van der Waals surface area contributed by atoms with Gasteiger partial charge in [0.15, 0.2) is 9.84 Å². The van der Waals surface area contributed by atoms with E-state index in [4.69, 9.17) is 5.73 Å². The Balaban J connectivity index is 2.06. The Morgan fingerprint density at radius 2 is 2.00 bits per heavy atom. The quantitative estimate of drug-likeness (QED) is 0.683. The Morgan fingerprint density at radius 3 is 2.58 bits per heavy atom. The zero-order valence-corrected chi connectivity index (χ0v) is 15.2. The van der Waals surface area contributed by atoms with E-state index in [-0.39, 0.29) is 22.8 Å². The van der Waals surface area contributed by atoms with E-state index >= 15 is 0 Å². The second-order valence-electron chi connectivity index (χ2n) is 6.20. The summed E-state index contributed by atoms with van der Waals surface area (Å²) < 4.78 is 23.9. The van der Waals surface area contributed by atoms with E-state index in [0.29, 0.717) is 24.3 Å². The van der Waals surface area contributed by atoms with Crippen molar-refractivity contribution < 1.29 is 18.3 Å². The number of nitrogens with zero attached hydrogens (tertiary/aromatic N) is 1. The van der Waals surface area contributed by atoms with Crippen LogP contribution in [0.15, 0.2) is 35.2 Å². The molecule has 7 nitrogen and oxygen atoms in total. The fourth-order valence-electron chi connectivity index (χ4n) is 3.12. The number of rotatable bonds is 6. The first kappa shape index (κ1) is 18.5. The van der Waals surface area contributed by atoms with Gasteiger partial charge in [-0.15, -0.1) is 0 Å². The predicted octanol–water partition coefficient (Wildman–Crippen LogP) is 0.701. The molecule has 1 aliphatic heterocycles. The van der Waals surface area contributed by atoms with E-state index < -0.39 is 21.7 Å². The van der Waals surface area contributed by atoms with Crippen molar-refractivity contribution in [2.45, 2.75) is 30.8 Å². The van der Waals surface area contributed by atoms with E-state index in [2.05, 4.69) is 10.3 Å². The number of aromatic nitrogens is 1. The molecule has 1 atom stereocenters. The first-order valence-electron chi connectivity index (χ1n) is 8.34. The molecular weight excluding hydrogens is 354 g/mol. The van der Waals surface area contributed by atoms with Crippen LogP contribution in [0.4, 0.5) is 0 Å². The summed E-state index contributed by atoms with van der Waals surface area (Å²) in [5, 5.41) is 13.1. The number of aliphatic hydroxyl groups is 1. The number of pyridine rings is 1. The van der Waals surface area contributed by atoms with Gasteiger partial charge in [-0.05, 0) is 29.3 Å². The van der Waals surface area contributed by atoms with Gasteiger partial charge in [0.25, 0.3) is 5.91 Å². The molecule has 0 bridgehead atoms. The summed E-state index contributed by atoms with van der Waals surface area (Å²) in [6.45, 7) is 2.52. The number of benzene rings is 1. The summed E-state index contributed by atoms with van der Waals surface area (Å²) in [4.78, 5) is 16.7. The van der Waals surface area contributed by atoms with Gasteiger partial charge in [0, 0.05) is 13.1 Å². The number of sulfone groups is 1. The monoisotopic (exact) mass is 375 g/mol. The molecular formula is C18H21N3O4S. The van der Waals surface area contributed by atoms with Crippen molar-refractivity contribution in [3.8, 4) is 0 Å². The molecule has 0 saturated carbocycles. The lowest BCUT2D eigenvalue weighted by molar-refractivity contribution is 0.0998. The topological polar surface area (TPSA) is 122 Å². The van der Waals surface area contributed by atoms with Crippen LogP contribution in [-0.2, 0) is 22.9 Å². The molecule has 0 saturated heterocycles. The average molecular weight is 375 g/mol. The summed E-state index contributed by atoms with van der Waals surface area (Å²) in [6, 6.07) is 8.02. The van der Waals surface area contributed by atoms with Gasteiger partial charge >= 0.3 is 0 Å². The molecule has 4 N–H and O–H groups in total. The fraction of sp³-hybridized carbons (Fsp3) is 0.333. The standard InChI is InChI=1S/C18H21N3O4S/c1-2-26(24,25)13-5-3-11(4-6-13)15(10-22)17-14(18(19)23)7-12-8-20-9-16(12)21-17/h3-7,15,20,22H,2,8-10H2,1H3,(H2,19,23)/t15-/m1/s1. The highest BCUT2D eigenvalue weighted by Crippen LogP contribution is 2.29. The second kappa shape index (κ2) is 7.14. The van der Waals surface area contributed by atoms with E-state index in [1.165, 1.54) is 12.1 Å². The van der Waals surface area contributed by atoms with Crippen LogP contribution in [0.5, 0.6) is 0 Å².